The minimum absolute atomic E-state index is 0.118. The lowest BCUT2D eigenvalue weighted by molar-refractivity contribution is 0.102. The molecule has 5 rings (SSSR count). The molecule has 0 aliphatic carbocycles. The number of methoxy groups -OCH3 is 1. The van der Waals surface area contributed by atoms with E-state index in [0.717, 1.165) is 42.5 Å². The Balaban J connectivity index is 1.33. The fourth-order valence-corrected chi connectivity index (χ4v) is 4.17. The summed E-state index contributed by atoms with van der Waals surface area (Å²) in [4.78, 5) is 19.9. The van der Waals surface area contributed by atoms with Crippen molar-refractivity contribution in [2.75, 3.05) is 37.9 Å². The Morgan fingerprint density at radius 1 is 1.09 bits per heavy atom. The fourth-order valence-electron chi connectivity index (χ4n) is 4.17. The lowest BCUT2D eigenvalue weighted by Crippen LogP contribution is -2.35. The van der Waals surface area contributed by atoms with E-state index >= 15 is 0 Å². The number of anilines is 3. The number of nitrogens with one attached hydrogen (secondary N) is 3. The van der Waals surface area contributed by atoms with Crippen LogP contribution in [-0.2, 0) is 0 Å². The molecule has 3 heterocycles. The first-order chi connectivity index (χ1) is 17.1. The number of hydrogen-bond acceptors (Lipinski definition) is 7. The minimum Gasteiger partial charge on any atom is -0.493 e. The maximum atomic E-state index is 13.2. The summed E-state index contributed by atoms with van der Waals surface area (Å²) in [5.74, 6) is 1.44. The Labute approximate surface area is 203 Å². The molecular formula is C26H28N6O3. The molecule has 0 saturated carbocycles. The highest BCUT2D eigenvalue weighted by Gasteiger charge is 2.20. The molecule has 9 heteroatoms. The molecule has 0 unspecified atom stereocenters. The summed E-state index contributed by atoms with van der Waals surface area (Å²) in [5, 5.41) is 14.2. The van der Waals surface area contributed by atoms with Gasteiger partial charge in [0.15, 0.2) is 11.5 Å². The van der Waals surface area contributed by atoms with Crippen molar-refractivity contribution in [2.45, 2.75) is 18.9 Å². The average Bonchev–Trinajstić information content (AvgIpc) is 3.34. The van der Waals surface area contributed by atoms with Gasteiger partial charge in [-0.15, -0.1) is 0 Å². The van der Waals surface area contributed by atoms with E-state index in [1.807, 2.05) is 30.3 Å². The van der Waals surface area contributed by atoms with Crippen LogP contribution in [0.1, 0.15) is 23.2 Å². The Kier molecular flexibility index (Phi) is 6.49. The molecule has 0 spiro atoms. The van der Waals surface area contributed by atoms with Crippen molar-refractivity contribution in [2.24, 2.45) is 0 Å². The van der Waals surface area contributed by atoms with Crippen LogP contribution in [0.15, 0.2) is 60.9 Å². The summed E-state index contributed by atoms with van der Waals surface area (Å²) in [6.07, 6.45) is 5.43. The molecule has 1 fully saturated rings. The molecule has 1 amide bonds. The Bertz CT molecular complexity index is 1330. The summed E-state index contributed by atoms with van der Waals surface area (Å²) in [7, 11) is 3.73. The van der Waals surface area contributed by atoms with Gasteiger partial charge in [-0.1, -0.05) is 0 Å². The number of aromatic nitrogens is 3. The number of likely N-dealkylation sites (tertiary alicyclic amines) is 1. The van der Waals surface area contributed by atoms with E-state index in [0.29, 0.717) is 28.6 Å². The van der Waals surface area contributed by atoms with E-state index in [4.69, 9.17) is 9.47 Å². The second kappa shape index (κ2) is 10.0. The minimum atomic E-state index is -0.279. The van der Waals surface area contributed by atoms with Crippen molar-refractivity contribution in [3.05, 3.63) is 66.5 Å². The van der Waals surface area contributed by atoms with E-state index in [9.17, 15) is 4.79 Å². The largest absolute Gasteiger partial charge is 0.493 e. The number of ether oxygens (including phenoxy) is 2. The van der Waals surface area contributed by atoms with Gasteiger partial charge in [0.1, 0.15) is 11.9 Å². The van der Waals surface area contributed by atoms with E-state index < -0.39 is 0 Å². The number of carbonyl (C=O) groups is 1. The number of fused-ring (bicyclic) bond motifs is 1. The first-order valence-electron chi connectivity index (χ1n) is 11.6. The monoisotopic (exact) mass is 472 g/mol. The standard InChI is InChI=1S/C26H28N6O3/c1-32-12-9-20(10-13-32)35-24-15-19(7-8-23(24)34-2)30-26(33)21-4-3-11-27-25(21)29-18-6-5-17-16-28-31-22(17)14-18/h3-8,11,14-16,20H,9-10,12-13H2,1-2H3,(H,27,29)(H,28,31)(H,30,33). The molecule has 35 heavy (non-hydrogen) atoms. The average molecular weight is 473 g/mol. The summed E-state index contributed by atoms with van der Waals surface area (Å²) >= 11 is 0. The smallest absolute Gasteiger partial charge is 0.259 e. The zero-order valence-corrected chi connectivity index (χ0v) is 19.7. The highest BCUT2D eigenvalue weighted by Crippen LogP contribution is 2.33. The molecule has 0 atom stereocenters. The van der Waals surface area contributed by atoms with Crippen molar-refractivity contribution in [3.63, 3.8) is 0 Å². The fraction of sp³-hybridized carbons (Fsp3) is 0.269. The van der Waals surface area contributed by atoms with Gasteiger partial charge in [-0.3, -0.25) is 9.89 Å². The van der Waals surface area contributed by atoms with Gasteiger partial charge in [0.25, 0.3) is 5.91 Å². The van der Waals surface area contributed by atoms with Crippen LogP contribution in [0.2, 0.25) is 0 Å². The van der Waals surface area contributed by atoms with E-state index in [1.54, 1.807) is 37.7 Å². The predicted octanol–water partition coefficient (Wildman–Crippen LogP) is 4.44. The van der Waals surface area contributed by atoms with E-state index in [-0.39, 0.29) is 12.0 Å². The topological polar surface area (TPSA) is 104 Å². The van der Waals surface area contributed by atoms with Gasteiger partial charge in [0.05, 0.1) is 24.4 Å². The lowest BCUT2D eigenvalue weighted by Gasteiger charge is -2.29. The molecular weight excluding hydrogens is 444 g/mol. The number of nitrogens with zero attached hydrogens (tertiary/aromatic N) is 3. The van der Waals surface area contributed by atoms with Crippen LogP contribution in [0.3, 0.4) is 0 Å². The van der Waals surface area contributed by atoms with Gasteiger partial charge in [-0.05, 0) is 62.4 Å². The van der Waals surface area contributed by atoms with Gasteiger partial charge in [-0.2, -0.15) is 5.10 Å². The van der Waals surface area contributed by atoms with Crippen molar-refractivity contribution >= 4 is 34.0 Å². The Morgan fingerprint density at radius 3 is 2.74 bits per heavy atom. The van der Waals surface area contributed by atoms with Crippen LogP contribution in [-0.4, -0.2) is 59.3 Å². The quantitative estimate of drug-likeness (QED) is 0.365. The van der Waals surface area contributed by atoms with Crippen LogP contribution in [0.25, 0.3) is 10.9 Å². The number of amides is 1. The number of benzene rings is 2. The number of H-pyrrole nitrogens is 1. The molecule has 1 saturated heterocycles. The summed E-state index contributed by atoms with van der Waals surface area (Å²) in [6, 6.07) is 14.7. The van der Waals surface area contributed by atoms with Gasteiger partial charge >= 0.3 is 0 Å². The van der Waals surface area contributed by atoms with Crippen molar-refractivity contribution in [3.8, 4) is 11.5 Å². The van der Waals surface area contributed by atoms with Gasteiger partial charge < -0.3 is 25.0 Å². The molecule has 0 bridgehead atoms. The third kappa shape index (κ3) is 5.20. The lowest BCUT2D eigenvalue weighted by atomic mass is 10.1. The van der Waals surface area contributed by atoms with Crippen LogP contribution in [0, 0.1) is 0 Å². The summed E-state index contributed by atoms with van der Waals surface area (Å²) in [6.45, 7) is 1.99. The van der Waals surface area contributed by atoms with Crippen molar-refractivity contribution in [1.82, 2.24) is 20.1 Å². The number of pyridine rings is 1. The summed E-state index contributed by atoms with van der Waals surface area (Å²) < 4.78 is 11.7. The van der Waals surface area contributed by atoms with Crippen molar-refractivity contribution < 1.29 is 14.3 Å². The van der Waals surface area contributed by atoms with Gasteiger partial charge in [-0.25, -0.2) is 4.98 Å². The first kappa shape index (κ1) is 22.7. The maximum Gasteiger partial charge on any atom is 0.259 e. The summed E-state index contributed by atoms with van der Waals surface area (Å²) in [5.41, 5.74) is 2.73. The second-order valence-corrected chi connectivity index (χ2v) is 8.64. The molecule has 1 aliphatic heterocycles. The zero-order chi connectivity index (χ0) is 24.2. The molecule has 3 N–H and O–H groups in total. The van der Waals surface area contributed by atoms with Crippen LogP contribution >= 0.6 is 0 Å². The highest BCUT2D eigenvalue weighted by atomic mass is 16.5. The van der Waals surface area contributed by atoms with Gasteiger partial charge in [0, 0.05) is 42.1 Å². The molecule has 1 aliphatic rings. The third-order valence-electron chi connectivity index (χ3n) is 6.14. The second-order valence-electron chi connectivity index (χ2n) is 8.64. The highest BCUT2D eigenvalue weighted by molar-refractivity contribution is 6.08. The molecule has 0 radical (unpaired) electrons. The van der Waals surface area contributed by atoms with Crippen LogP contribution in [0.4, 0.5) is 17.2 Å². The Morgan fingerprint density at radius 2 is 1.91 bits per heavy atom. The molecule has 2 aromatic heterocycles. The normalized spacial score (nSPS) is 14.6. The SMILES string of the molecule is COc1ccc(NC(=O)c2cccnc2Nc2ccc3cn[nH]c3c2)cc1OC1CCN(C)CC1. The number of rotatable bonds is 7. The van der Waals surface area contributed by atoms with Crippen molar-refractivity contribution in [1.29, 1.82) is 0 Å². The number of hydrogen-bond donors (Lipinski definition) is 3. The van der Waals surface area contributed by atoms with Crippen LogP contribution in [0.5, 0.6) is 11.5 Å². The number of carbonyl (C=O) groups excluding carboxylic acids is 1. The number of aromatic amines is 1. The van der Waals surface area contributed by atoms with E-state index in [2.05, 4.69) is 37.8 Å². The molecule has 2 aromatic carbocycles. The molecule has 4 aromatic rings. The third-order valence-corrected chi connectivity index (χ3v) is 6.14. The van der Waals surface area contributed by atoms with Crippen LogP contribution < -0.4 is 20.1 Å². The van der Waals surface area contributed by atoms with Gasteiger partial charge in [0.2, 0.25) is 0 Å². The number of piperidine rings is 1. The first-order valence-corrected chi connectivity index (χ1v) is 11.6. The molecule has 9 nitrogen and oxygen atoms in total. The molecule has 180 valence electrons. The maximum absolute atomic E-state index is 13.2. The van der Waals surface area contributed by atoms with E-state index in [1.165, 1.54) is 0 Å². The Hall–Kier alpha value is -4.11. The predicted molar refractivity (Wildman–Crippen MR) is 136 cm³/mol. The zero-order valence-electron chi connectivity index (χ0n) is 19.7.